The summed E-state index contributed by atoms with van der Waals surface area (Å²) < 4.78 is 1.23. The maximum atomic E-state index is 5.38. The Morgan fingerprint density at radius 1 is 0.478 bits per heavy atom. The van der Waals surface area contributed by atoms with Crippen LogP contribution >= 0.6 is 22.6 Å². The van der Waals surface area contributed by atoms with Crippen molar-refractivity contribution < 1.29 is 0 Å². The van der Waals surface area contributed by atoms with Crippen LogP contribution in [0.3, 0.4) is 0 Å². The van der Waals surface area contributed by atoms with Gasteiger partial charge in [0.05, 0.1) is 22.8 Å². The van der Waals surface area contributed by atoms with Gasteiger partial charge in [-0.15, -0.1) is 0 Å². The van der Waals surface area contributed by atoms with Crippen molar-refractivity contribution in [3.63, 3.8) is 0 Å². The average Bonchev–Trinajstić information content (AvgIpc) is 3.89. The summed E-state index contributed by atoms with van der Waals surface area (Å²) in [6.07, 6.45) is 22.6. The molecule has 0 radical (unpaired) electrons. The molecule has 46 heavy (non-hydrogen) atoms. The molecule has 6 rings (SSSR count). The fourth-order valence-electron chi connectivity index (χ4n) is 6.75. The zero-order valence-electron chi connectivity index (χ0n) is 27.7. The number of aryl methyl sites for hydroxylation is 3. The lowest BCUT2D eigenvalue weighted by Crippen LogP contribution is -1.95. The van der Waals surface area contributed by atoms with E-state index in [4.69, 9.17) is 9.97 Å². The van der Waals surface area contributed by atoms with Gasteiger partial charge in [0.25, 0.3) is 0 Å². The van der Waals surface area contributed by atoms with Crippen LogP contribution in [0.15, 0.2) is 48.5 Å². The van der Waals surface area contributed by atoms with Crippen LogP contribution in [0, 0.1) is 3.57 Å². The summed E-state index contributed by atoms with van der Waals surface area (Å²) in [5.41, 5.74) is 15.1. The molecule has 1 aromatic carbocycles. The molecule has 238 valence electrons. The normalized spacial score (nSPS) is 12.3. The largest absolute Gasteiger partial charge is 0.355 e. The molecule has 2 N–H and O–H groups in total. The van der Waals surface area contributed by atoms with E-state index < -0.39 is 0 Å². The highest BCUT2D eigenvalue weighted by molar-refractivity contribution is 14.1. The number of aromatic amines is 2. The molecule has 4 aromatic rings. The van der Waals surface area contributed by atoms with Crippen LogP contribution < -0.4 is 0 Å². The Kier molecular flexibility index (Phi) is 10.9. The number of hydrogen-bond donors (Lipinski definition) is 2. The van der Waals surface area contributed by atoms with E-state index in [1.165, 1.54) is 75.4 Å². The summed E-state index contributed by atoms with van der Waals surface area (Å²) in [5.74, 6) is 0. The maximum absolute atomic E-state index is 5.38. The molecule has 0 saturated heterocycles. The Morgan fingerprint density at radius 3 is 1.33 bits per heavy atom. The van der Waals surface area contributed by atoms with Gasteiger partial charge in [0.15, 0.2) is 0 Å². The van der Waals surface area contributed by atoms with Gasteiger partial charge in [-0.05, 0) is 127 Å². The van der Waals surface area contributed by atoms with Gasteiger partial charge in [0, 0.05) is 47.9 Å². The van der Waals surface area contributed by atoms with Gasteiger partial charge in [-0.25, -0.2) is 9.97 Å². The number of benzene rings is 1. The third-order valence-electron chi connectivity index (χ3n) is 9.30. The second-order valence-corrected chi connectivity index (χ2v) is 13.9. The lowest BCUT2D eigenvalue weighted by atomic mass is 10.0. The van der Waals surface area contributed by atoms with E-state index in [9.17, 15) is 0 Å². The minimum Gasteiger partial charge on any atom is -0.355 e. The first-order valence-corrected chi connectivity index (χ1v) is 18.6. The number of nitrogens with zero attached hydrogens (tertiary/aromatic N) is 2. The summed E-state index contributed by atoms with van der Waals surface area (Å²) in [4.78, 5) is 18.5. The lowest BCUT2D eigenvalue weighted by Gasteiger charge is -2.06. The molecule has 0 saturated carbocycles. The van der Waals surface area contributed by atoms with Crippen LogP contribution in [0.25, 0.3) is 57.5 Å². The molecule has 3 aromatic heterocycles. The molecule has 5 heterocycles. The predicted octanol–water partition coefficient (Wildman–Crippen LogP) is 12.1. The van der Waals surface area contributed by atoms with Crippen molar-refractivity contribution in [3.05, 3.63) is 91.6 Å². The Morgan fingerprint density at radius 2 is 0.870 bits per heavy atom. The first kappa shape index (κ1) is 32.5. The van der Waals surface area contributed by atoms with Crippen molar-refractivity contribution in [2.75, 3.05) is 0 Å². The SMILES string of the molecule is CCCCCc1c2nc(c(CCCCC)c3ccc([nH]3)c(-c3ccc(I)cc3)c3nc(c(CCCCC)c4ccc1[nH]4)C=C3)C=C2. The minimum atomic E-state index is 0.996. The third-order valence-corrected chi connectivity index (χ3v) is 10.0. The molecule has 0 fully saturated rings. The predicted molar refractivity (Wildman–Crippen MR) is 207 cm³/mol. The smallest absolute Gasteiger partial charge is 0.0737 e. The molecule has 0 spiro atoms. The van der Waals surface area contributed by atoms with Gasteiger partial charge in [0.1, 0.15) is 0 Å². The Hall–Kier alpha value is -3.45. The minimum absolute atomic E-state index is 0.996. The number of nitrogens with one attached hydrogen (secondary N) is 2. The van der Waals surface area contributed by atoms with Crippen LogP contribution in [0.5, 0.6) is 0 Å². The van der Waals surface area contributed by atoms with Crippen LogP contribution in [-0.4, -0.2) is 19.9 Å². The molecule has 2 aliphatic heterocycles. The highest BCUT2D eigenvalue weighted by Gasteiger charge is 2.17. The maximum Gasteiger partial charge on any atom is 0.0737 e. The molecule has 0 atom stereocenters. The second kappa shape index (κ2) is 15.4. The van der Waals surface area contributed by atoms with Crippen LogP contribution in [0.4, 0.5) is 0 Å². The number of H-pyrrole nitrogens is 2. The van der Waals surface area contributed by atoms with Gasteiger partial charge in [-0.1, -0.05) is 71.4 Å². The molecular formula is C41H47IN4. The number of unbranched alkanes of at least 4 members (excludes halogenated alkanes) is 6. The molecule has 4 nitrogen and oxygen atoms in total. The van der Waals surface area contributed by atoms with Crippen LogP contribution in [-0.2, 0) is 19.3 Å². The van der Waals surface area contributed by atoms with Crippen molar-refractivity contribution in [2.24, 2.45) is 0 Å². The fraction of sp³-hybridized carbons (Fsp3) is 0.366. The lowest BCUT2D eigenvalue weighted by molar-refractivity contribution is 0.715. The zero-order valence-corrected chi connectivity index (χ0v) is 29.8. The summed E-state index contributed by atoms with van der Waals surface area (Å²) in [6.45, 7) is 6.82. The summed E-state index contributed by atoms with van der Waals surface area (Å²) >= 11 is 2.38. The van der Waals surface area contributed by atoms with Gasteiger partial charge in [-0.2, -0.15) is 0 Å². The van der Waals surface area contributed by atoms with Gasteiger partial charge in [-0.3, -0.25) is 0 Å². The van der Waals surface area contributed by atoms with Crippen molar-refractivity contribution in [2.45, 2.75) is 97.8 Å². The van der Waals surface area contributed by atoms with Crippen molar-refractivity contribution in [1.82, 2.24) is 19.9 Å². The summed E-state index contributed by atoms with van der Waals surface area (Å²) in [5, 5.41) is 0. The quantitative estimate of drug-likeness (QED) is 0.0921. The molecular weight excluding hydrogens is 675 g/mol. The topological polar surface area (TPSA) is 57.4 Å². The molecule has 0 amide bonds. The zero-order chi connectivity index (χ0) is 31.9. The standard InChI is InChI=1S/C41H47IN4/c1-4-7-10-13-30-33-20-22-35(43-33)31(14-11-8-5-2)37-24-26-39(45-37)41(28-16-18-29(42)19-17-28)40-27-25-38(46-40)32(15-12-9-6-3)36-23-21-34(30)44-36/h16-27,43,46H,4-15H2,1-3H3. The second-order valence-electron chi connectivity index (χ2n) is 12.7. The fourth-order valence-corrected chi connectivity index (χ4v) is 7.11. The first-order valence-electron chi connectivity index (χ1n) is 17.5. The molecule has 0 aliphatic carbocycles. The van der Waals surface area contributed by atoms with Gasteiger partial charge in [0.2, 0.25) is 0 Å². The van der Waals surface area contributed by atoms with E-state index in [0.717, 1.165) is 77.9 Å². The van der Waals surface area contributed by atoms with Crippen molar-refractivity contribution >= 4 is 69.0 Å². The van der Waals surface area contributed by atoms with E-state index in [-0.39, 0.29) is 0 Å². The van der Waals surface area contributed by atoms with E-state index in [1.54, 1.807) is 0 Å². The monoisotopic (exact) mass is 722 g/mol. The highest BCUT2D eigenvalue weighted by Crippen LogP contribution is 2.33. The number of halogens is 1. The van der Waals surface area contributed by atoms with E-state index in [2.05, 4.69) is 126 Å². The Balaban J connectivity index is 1.69. The van der Waals surface area contributed by atoms with Crippen molar-refractivity contribution in [3.8, 4) is 11.1 Å². The van der Waals surface area contributed by atoms with Gasteiger partial charge >= 0.3 is 0 Å². The van der Waals surface area contributed by atoms with E-state index >= 15 is 0 Å². The number of hydrogen-bond acceptors (Lipinski definition) is 2. The Labute approximate surface area is 288 Å². The Bertz CT molecular complexity index is 1880. The number of fused-ring (bicyclic) bond motifs is 8. The van der Waals surface area contributed by atoms with E-state index in [0.29, 0.717) is 0 Å². The first-order chi connectivity index (χ1) is 22.6. The van der Waals surface area contributed by atoms with Crippen LogP contribution in [0.2, 0.25) is 0 Å². The highest BCUT2D eigenvalue weighted by atomic mass is 127. The van der Waals surface area contributed by atoms with E-state index in [1.807, 2.05) is 0 Å². The van der Waals surface area contributed by atoms with Crippen molar-refractivity contribution in [1.29, 1.82) is 0 Å². The van der Waals surface area contributed by atoms with Gasteiger partial charge < -0.3 is 9.97 Å². The number of aromatic nitrogens is 4. The molecule has 0 unspecified atom stereocenters. The summed E-state index contributed by atoms with van der Waals surface area (Å²) in [7, 11) is 0. The average molecular weight is 723 g/mol. The molecule has 2 aliphatic rings. The summed E-state index contributed by atoms with van der Waals surface area (Å²) in [6, 6.07) is 17.9. The molecule has 5 heteroatoms. The molecule has 8 bridgehead atoms. The van der Waals surface area contributed by atoms with Crippen LogP contribution in [0.1, 0.15) is 118 Å². The third kappa shape index (κ3) is 7.25. The number of rotatable bonds is 13.